The first-order chi connectivity index (χ1) is 9.49. The Hall–Kier alpha value is -1.25. The zero-order valence-corrected chi connectivity index (χ0v) is 13.5. The van der Waals surface area contributed by atoms with Gasteiger partial charge in [0.25, 0.3) is 0 Å². The number of hydrogen-bond acceptors (Lipinski definition) is 2. The summed E-state index contributed by atoms with van der Waals surface area (Å²) >= 11 is 1.86. The van der Waals surface area contributed by atoms with Crippen LogP contribution >= 0.6 is 11.8 Å². The largest absolute Gasteiger partial charge is 0.327 e. The van der Waals surface area contributed by atoms with Gasteiger partial charge in [0.2, 0.25) is 0 Å². The maximum absolute atomic E-state index is 6.23. The van der Waals surface area contributed by atoms with Gasteiger partial charge in [0.1, 0.15) is 0 Å². The molecule has 2 unspecified atom stereocenters. The lowest BCUT2D eigenvalue weighted by molar-refractivity contribution is 0.718. The molecule has 0 bridgehead atoms. The fourth-order valence-electron chi connectivity index (χ4n) is 2.29. The van der Waals surface area contributed by atoms with E-state index in [-0.39, 0.29) is 6.04 Å². The van der Waals surface area contributed by atoms with Gasteiger partial charge in [-0.15, -0.1) is 11.8 Å². The lowest BCUT2D eigenvalue weighted by Gasteiger charge is -2.23. The van der Waals surface area contributed by atoms with Crippen LogP contribution in [-0.2, 0) is 0 Å². The Morgan fingerprint density at radius 2 is 1.60 bits per heavy atom. The van der Waals surface area contributed by atoms with E-state index in [0.29, 0.717) is 5.25 Å². The number of hydrogen-bond donors (Lipinski definition) is 1. The summed E-state index contributed by atoms with van der Waals surface area (Å²) in [5.74, 6) is 0. The van der Waals surface area contributed by atoms with Crippen LogP contribution in [0, 0.1) is 20.8 Å². The van der Waals surface area contributed by atoms with Crippen LogP contribution in [0.3, 0.4) is 0 Å². The molecule has 0 radical (unpaired) electrons. The number of benzene rings is 2. The lowest BCUT2D eigenvalue weighted by atomic mass is 10.0. The summed E-state index contributed by atoms with van der Waals surface area (Å²) < 4.78 is 0. The molecule has 2 atom stereocenters. The highest BCUT2D eigenvalue weighted by molar-refractivity contribution is 7.99. The molecule has 20 heavy (non-hydrogen) atoms. The van der Waals surface area contributed by atoms with Crippen LogP contribution in [0.5, 0.6) is 0 Å². The van der Waals surface area contributed by atoms with Crippen molar-refractivity contribution in [3.05, 3.63) is 64.7 Å². The minimum Gasteiger partial charge on any atom is -0.327 e. The monoisotopic (exact) mass is 285 g/mol. The first-order valence-electron chi connectivity index (χ1n) is 7.04. The molecule has 2 N–H and O–H groups in total. The molecule has 0 aliphatic heterocycles. The molecule has 2 heteroatoms. The van der Waals surface area contributed by atoms with E-state index in [2.05, 4.69) is 70.2 Å². The fourth-order valence-corrected chi connectivity index (χ4v) is 3.58. The highest BCUT2D eigenvalue weighted by Crippen LogP contribution is 2.38. The summed E-state index contributed by atoms with van der Waals surface area (Å²) in [5.41, 5.74) is 11.6. The predicted molar refractivity (Wildman–Crippen MR) is 89.3 cm³/mol. The van der Waals surface area contributed by atoms with E-state index < -0.39 is 0 Å². The predicted octanol–water partition coefficient (Wildman–Crippen LogP) is 4.79. The summed E-state index contributed by atoms with van der Waals surface area (Å²) in [6, 6.07) is 15.3. The summed E-state index contributed by atoms with van der Waals surface area (Å²) in [6.07, 6.45) is 0. The molecule has 2 rings (SSSR count). The van der Waals surface area contributed by atoms with E-state index in [1.54, 1.807) is 0 Å². The van der Waals surface area contributed by atoms with E-state index in [4.69, 9.17) is 5.73 Å². The van der Waals surface area contributed by atoms with Gasteiger partial charge in [-0.25, -0.2) is 0 Å². The van der Waals surface area contributed by atoms with Crippen molar-refractivity contribution in [3.8, 4) is 0 Å². The molecule has 2 aromatic rings. The van der Waals surface area contributed by atoms with Crippen molar-refractivity contribution >= 4 is 11.8 Å². The molecular weight excluding hydrogens is 262 g/mol. The maximum Gasteiger partial charge on any atom is 0.0495 e. The Labute approximate surface area is 126 Å². The Morgan fingerprint density at radius 1 is 0.900 bits per heavy atom. The van der Waals surface area contributed by atoms with Crippen molar-refractivity contribution in [1.82, 2.24) is 0 Å². The molecule has 0 aromatic heterocycles. The van der Waals surface area contributed by atoms with Gasteiger partial charge >= 0.3 is 0 Å². The van der Waals surface area contributed by atoms with Crippen LogP contribution in [0.2, 0.25) is 0 Å². The minimum absolute atomic E-state index is 0.114. The van der Waals surface area contributed by atoms with E-state index in [1.807, 2.05) is 11.8 Å². The van der Waals surface area contributed by atoms with Crippen molar-refractivity contribution in [2.45, 2.75) is 43.9 Å². The zero-order valence-electron chi connectivity index (χ0n) is 12.7. The molecule has 0 fully saturated rings. The minimum atomic E-state index is 0.114. The molecule has 0 spiro atoms. The Kier molecular flexibility index (Phi) is 4.90. The Bertz CT molecular complexity index is 590. The summed E-state index contributed by atoms with van der Waals surface area (Å²) in [5, 5.41) is 0.290. The third-order valence-corrected chi connectivity index (χ3v) is 5.18. The van der Waals surface area contributed by atoms with Crippen molar-refractivity contribution < 1.29 is 0 Å². The van der Waals surface area contributed by atoms with Crippen molar-refractivity contribution in [3.63, 3.8) is 0 Å². The smallest absolute Gasteiger partial charge is 0.0495 e. The van der Waals surface area contributed by atoms with Gasteiger partial charge in [0, 0.05) is 16.2 Å². The van der Waals surface area contributed by atoms with Crippen LogP contribution in [0.1, 0.15) is 34.4 Å². The highest BCUT2D eigenvalue weighted by atomic mass is 32.2. The summed E-state index contributed by atoms with van der Waals surface area (Å²) in [6.45, 7) is 8.55. The maximum atomic E-state index is 6.23. The van der Waals surface area contributed by atoms with Crippen molar-refractivity contribution in [1.29, 1.82) is 0 Å². The number of rotatable bonds is 4. The van der Waals surface area contributed by atoms with Crippen molar-refractivity contribution in [2.24, 2.45) is 5.73 Å². The SMILES string of the molecule is Cc1ccc(SC(c2ccccc2C)C(C)N)cc1C. The highest BCUT2D eigenvalue weighted by Gasteiger charge is 2.19. The molecule has 2 aromatic carbocycles. The van der Waals surface area contributed by atoms with Gasteiger partial charge in [0.15, 0.2) is 0 Å². The second-order valence-electron chi connectivity index (χ2n) is 5.50. The molecule has 0 saturated carbocycles. The first-order valence-corrected chi connectivity index (χ1v) is 7.92. The summed E-state index contributed by atoms with van der Waals surface area (Å²) in [4.78, 5) is 1.29. The number of aryl methyl sites for hydroxylation is 3. The molecule has 0 aliphatic carbocycles. The van der Waals surface area contributed by atoms with Crippen LogP contribution in [0.25, 0.3) is 0 Å². The third-order valence-electron chi connectivity index (χ3n) is 3.71. The van der Waals surface area contributed by atoms with Gasteiger partial charge in [-0.05, 0) is 62.1 Å². The number of thioether (sulfide) groups is 1. The second kappa shape index (κ2) is 6.47. The van der Waals surface area contributed by atoms with Gasteiger partial charge < -0.3 is 5.73 Å². The zero-order chi connectivity index (χ0) is 14.7. The average Bonchev–Trinajstić information content (AvgIpc) is 2.41. The normalized spacial score (nSPS) is 14.1. The van der Waals surface area contributed by atoms with E-state index in [1.165, 1.54) is 27.1 Å². The van der Waals surface area contributed by atoms with Gasteiger partial charge in [-0.1, -0.05) is 30.3 Å². The Balaban J connectivity index is 2.31. The molecule has 0 amide bonds. The lowest BCUT2D eigenvalue weighted by Crippen LogP contribution is -2.23. The molecule has 1 nitrogen and oxygen atoms in total. The van der Waals surface area contributed by atoms with Crippen LogP contribution in [0.15, 0.2) is 47.4 Å². The fraction of sp³-hybridized carbons (Fsp3) is 0.333. The molecule has 106 valence electrons. The van der Waals surface area contributed by atoms with Gasteiger partial charge in [0.05, 0.1) is 0 Å². The number of nitrogens with two attached hydrogens (primary N) is 1. The van der Waals surface area contributed by atoms with Crippen LogP contribution in [-0.4, -0.2) is 6.04 Å². The van der Waals surface area contributed by atoms with Crippen LogP contribution in [0.4, 0.5) is 0 Å². The quantitative estimate of drug-likeness (QED) is 0.817. The molecule has 0 aliphatic rings. The Morgan fingerprint density at radius 3 is 2.20 bits per heavy atom. The summed E-state index contributed by atoms with van der Waals surface area (Å²) in [7, 11) is 0. The first kappa shape index (κ1) is 15.1. The third kappa shape index (κ3) is 3.44. The molecule has 0 saturated heterocycles. The second-order valence-corrected chi connectivity index (χ2v) is 6.72. The average molecular weight is 285 g/mol. The topological polar surface area (TPSA) is 26.0 Å². The van der Waals surface area contributed by atoms with E-state index in [9.17, 15) is 0 Å². The molecule has 0 heterocycles. The van der Waals surface area contributed by atoms with E-state index in [0.717, 1.165) is 0 Å². The van der Waals surface area contributed by atoms with Gasteiger partial charge in [-0.2, -0.15) is 0 Å². The standard InChI is InChI=1S/C18H23NS/c1-12-9-10-16(11-14(12)3)20-18(15(4)19)17-8-6-5-7-13(17)2/h5-11,15,18H,19H2,1-4H3. The van der Waals surface area contributed by atoms with Gasteiger partial charge in [-0.3, -0.25) is 0 Å². The van der Waals surface area contributed by atoms with Crippen molar-refractivity contribution in [2.75, 3.05) is 0 Å². The van der Waals surface area contributed by atoms with E-state index >= 15 is 0 Å². The van der Waals surface area contributed by atoms with Crippen LogP contribution < -0.4 is 5.73 Å². The molecular formula is C18H23NS.